The van der Waals surface area contributed by atoms with E-state index in [9.17, 15) is 13.2 Å². The van der Waals surface area contributed by atoms with Gasteiger partial charge in [-0.05, 0) is 47.9 Å². The SMILES string of the molecule is CC(C)Cc1ccc(OC(F)(F)F)cc1.CC(C)Cc1ccccc1. The molecule has 1 nitrogen and oxygen atoms in total. The first-order valence-corrected chi connectivity index (χ1v) is 8.54. The summed E-state index contributed by atoms with van der Waals surface area (Å²) in [6.45, 7) is 8.60. The third-order valence-electron chi connectivity index (χ3n) is 3.29. The number of hydrogen-bond acceptors (Lipinski definition) is 1. The second-order valence-corrected chi connectivity index (χ2v) is 6.87. The molecule has 0 aliphatic carbocycles. The van der Waals surface area contributed by atoms with Crippen LogP contribution in [0, 0.1) is 11.8 Å². The first-order valence-electron chi connectivity index (χ1n) is 8.54. The van der Waals surface area contributed by atoms with Crippen LogP contribution in [0.2, 0.25) is 0 Å². The molecule has 0 spiro atoms. The van der Waals surface area contributed by atoms with Crippen molar-refractivity contribution >= 4 is 0 Å². The lowest BCUT2D eigenvalue weighted by molar-refractivity contribution is -0.274. The maximum absolute atomic E-state index is 11.8. The highest BCUT2D eigenvalue weighted by atomic mass is 19.4. The molecule has 0 aliphatic heterocycles. The van der Waals surface area contributed by atoms with E-state index in [1.54, 1.807) is 12.1 Å². The Morgan fingerprint density at radius 1 is 0.720 bits per heavy atom. The van der Waals surface area contributed by atoms with Crippen molar-refractivity contribution in [3.05, 3.63) is 65.7 Å². The van der Waals surface area contributed by atoms with Crippen molar-refractivity contribution in [2.45, 2.75) is 46.9 Å². The Morgan fingerprint density at radius 3 is 1.56 bits per heavy atom. The summed E-state index contributed by atoms with van der Waals surface area (Å²) in [5, 5.41) is 0. The van der Waals surface area contributed by atoms with Gasteiger partial charge in [-0.25, -0.2) is 0 Å². The molecule has 0 heterocycles. The van der Waals surface area contributed by atoms with Gasteiger partial charge < -0.3 is 4.74 Å². The molecule has 0 N–H and O–H groups in total. The van der Waals surface area contributed by atoms with Crippen molar-refractivity contribution in [1.82, 2.24) is 0 Å². The maximum atomic E-state index is 11.8. The predicted octanol–water partition coefficient (Wildman–Crippen LogP) is 6.67. The van der Waals surface area contributed by atoms with Gasteiger partial charge in [0.15, 0.2) is 0 Å². The average molecular weight is 352 g/mol. The Hall–Kier alpha value is -1.97. The second kappa shape index (κ2) is 10.1. The van der Waals surface area contributed by atoms with Gasteiger partial charge in [0.1, 0.15) is 5.75 Å². The molecule has 0 bridgehead atoms. The molecular weight excluding hydrogens is 325 g/mol. The van der Waals surface area contributed by atoms with Crippen molar-refractivity contribution in [3.8, 4) is 5.75 Å². The van der Waals surface area contributed by atoms with Gasteiger partial charge >= 0.3 is 6.36 Å². The highest BCUT2D eigenvalue weighted by Gasteiger charge is 2.30. The molecule has 0 aliphatic rings. The minimum Gasteiger partial charge on any atom is -0.406 e. The molecular formula is C21H27F3O. The lowest BCUT2D eigenvalue weighted by Crippen LogP contribution is -2.17. The van der Waals surface area contributed by atoms with Gasteiger partial charge in [-0.3, -0.25) is 0 Å². The van der Waals surface area contributed by atoms with Crippen LogP contribution in [0.3, 0.4) is 0 Å². The molecule has 25 heavy (non-hydrogen) atoms. The topological polar surface area (TPSA) is 9.23 Å². The summed E-state index contributed by atoms with van der Waals surface area (Å²) in [6, 6.07) is 16.6. The molecule has 0 radical (unpaired) electrons. The summed E-state index contributed by atoms with van der Waals surface area (Å²) in [7, 11) is 0. The van der Waals surface area contributed by atoms with Crippen molar-refractivity contribution < 1.29 is 17.9 Å². The van der Waals surface area contributed by atoms with Gasteiger partial charge in [-0.15, -0.1) is 13.2 Å². The molecule has 0 unspecified atom stereocenters. The molecule has 138 valence electrons. The third-order valence-corrected chi connectivity index (χ3v) is 3.29. The zero-order valence-electron chi connectivity index (χ0n) is 15.3. The van der Waals surface area contributed by atoms with Crippen LogP contribution < -0.4 is 4.74 Å². The standard InChI is InChI=1S/C11H13F3O.C10H14/c1-8(2)7-9-3-5-10(6-4-9)15-11(12,13)14;1-9(2)8-10-6-4-3-5-7-10/h3-6,8H,7H2,1-2H3;3-7,9H,8H2,1-2H3. The normalized spacial score (nSPS) is 11.2. The van der Waals surface area contributed by atoms with Crippen LogP contribution in [0.25, 0.3) is 0 Å². The molecule has 0 fully saturated rings. The van der Waals surface area contributed by atoms with E-state index in [4.69, 9.17) is 0 Å². The lowest BCUT2D eigenvalue weighted by Gasteiger charge is -2.10. The van der Waals surface area contributed by atoms with Crippen LogP contribution in [-0.2, 0) is 12.8 Å². The van der Waals surface area contributed by atoms with Crippen molar-refractivity contribution in [1.29, 1.82) is 0 Å². The molecule has 0 amide bonds. The van der Waals surface area contributed by atoms with Gasteiger partial charge in [0.25, 0.3) is 0 Å². The highest BCUT2D eigenvalue weighted by molar-refractivity contribution is 5.27. The van der Waals surface area contributed by atoms with E-state index in [1.165, 1.54) is 24.1 Å². The largest absolute Gasteiger partial charge is 0.573 e. The average Bonchev–Trinajstić information content (AvgIpc) is 2.48. The third kappa shape index (κ3) is 10.5. The molecule has 2 rings (SSSR count). The van der Waals surface area contributed by atoms with E-state index in [0.29, 0.717) is 5.92 Å². The van der Waals surface area contributed by atoms with Gasteiger partial charge in [0.2, 0.25) is 0 Å². The number of ether oxygens (including phenoxy) is 1. The van der Waals surface area contributed by atoms with E-state index >= 15 is 0 Å². The zero-order chi connectivity index (χ0) is 18.9. The van der Waals surface area contributed by atoms with E-state index in [-0.39, 0.29) is 5.75 Å². The van der Waals surface area contributed by atoms with Crippen LogP contribution in [0.1, 0.15) is 38.8 Å². The summed E-state index contributed by atoms with van der Waals surface area (Å²) in [5.74, 6) is 1.08. The van der Waals surface area contributed by atoms with E-state index < -0.39 is 6.36 Å². The monoisotopic (exact) mass is 352 g/mol. The quantitative estimate of drug-likeness (QED) is 0.584. The van der Waals surface area contributed by atoms with Gasteiger partial charge in [0.05, 0.1) is 0 Å². The molecule has 0 aromatic heterocycles. The fourth-order valence-corrected chi connectivity index (χ4v) is 2.38. The summed E-state index contributed by atoms with van der Waals surface area (Å²) >= 11 is 0. The fraction of sp³-hybridized carbons (Fsp3) is 0.429. The molecule has 0 saturated carbocycles. The zero-order valence-corrected chi connectivity index (χ0v) is 15.3. The molecule has 4 heteroatoms. The first-order chi connectivity index (χ1) is 11.7. The number of benzene rings is 2. The Balaban J connectivity index is 0.000000271. The lowest BCUT2D eigenvalue weighted by atomic mass is 10.0. The minimum absolute atomic E-state index is 0.171. The first kappa shape index (κ1) is 21.1. The van der Waals surface area contributed by atoms with Crippen molar-refractivity contribution in [2.24, 2.45) is 11.8 Å². The minimum atomic E-state index is -4.61. The van der Waals surface area contributed by atoms with Crippen LogP contribution in [0.15, 0.2) is 54.6 Å². The predicted molar refractivity (Wildman–Crippen MR) is 96.7 cm³/mol. The summed E-state index contributed by atoms with van der Waals surface area (Å²) < 4.78 is 39.3. The summed E-state index contributed by atoms with van der Waals surface area (Å²) in [5.41, 5.74) is 2.46. The van der Waals surface area contributed by atoms with E-state index in [1.807, 2.05) is 0 Å². The molecule has 0 saturated heterocycles. The van der Waals surface area contributed by atoms with Gasteiger partial charge in [-0.2, -0.15) is 0 Å². The molecule has 2 aromatic carbocycles. The maximum Gasteiger partial charge on any atom is 0.573 e. The molecule has 0 atom stereocenters. The van der Waals surface area contributed by atoms with Crippen LogP contribution >= 0.6 is 0 Å². The van der Waals surface area contributed by atoms with E-state index in [0.717, 1.165) is 17.9 Å². The van der Waals surface area contributed by atoms with Crippen LogP contribution in [0.5, 0.6) is 5.75 Å². The Labute approximate surface area is 148 Å². The number of rotatable bonds is 5. The molecule has 2 aromatic rings. The highest BCUT2D eigenvalue weighted by Crippen LogP contribution is 2.23. The second-order valence-electron chi connectivity index (χ2n) is 6.87. The van der Waals surface area contributed by atoms with E-state index in [2.05, 4.69) is 62.8 Å². The Morgan fingerprint density at radius 2 is 1.16 bits per heavy atom. The van der Waals surface area contributed by atoms with Crippen molar-refractivity contribution in [2.75, 3.05) is 0 Å². The fourth-order valence-electron chi connectivity index (χ4n) is 2.38. The summed E-state index contributed by atoms with van der Waals surface area (Å²) in [4.78, 5) is 0. The van der Waals surface area contributed by atoms with Gasteiger partial charge in [0, 0.05) is 0 Å². The summed E-state index contributed by atoms with van der Waals surface area (Å²) in [6.07, 6.45) is -2.56. The van der Waals surface area contributed by atoms with Gasteiger partial charge in [-0.1, -0.05) is 70.2 Å². The Kier molecular flexibility index (Phi) is 8.53. The number of alkyl halides is 3. The van der Waals surface area contributed by atoms with Crippen LogP contribution in [0.4, 0.5) is 13.2 Å². The Bertz CT molecular complexity index is 587. The van der Waals surface area contributed by atoms with Crippen LogP contribution in [-0.4, -0.2) is 6.36 Å². The smallest absolute Gasteiger partial charge is 0.406 e. The number of halogens is 3. The van der Waals surface area contributed by atoms with Crippen molar-refractivity contribution in [3.63, 3.8) is 0 Å². The number of hydrogen-bond donors (Lipinski definition) is 0.